The molecule has 0 N–H and O–H groups in total. The van der Waals surface area contributed by atoms with Gasteiger partial charge >= 0.3 is 0 Å². The Balaban J connectivity index is 5.34. The van der Waals surface area contributed by atoms with E-state index in [1.54, 1.807) is 0 Å². The molecule has 0 saturated heterocycles. The fraction of sp³-hybridized carbons (Fsp3) is 0.727. The summed E-state index contributed by atoms with van der Waals surface area (Å²) >= 11 is 0. The molecule has 0 amide bonds. The van der Waals surface area contributed by atoms with E-state index < -0.39 is 0 Å². The number of rotatable bonds is 12. The van der Waals surface area contributed by atoms with E-state index in [2.05, 4.69) is 53.7 Å². The number of hydrogen-bond donors (Lipinski definition) is 0. The topological polar surface area (TPSA) is 18.5 Å². The van der Waals surface area contributed by atoms with E-state index in [1.807, 2.05) is 19.9 Å². The first-order valence-corrected chi connectivity index (χ1v) is 9.56. The molecule has 0 aliphatic rings. The van der Waals surface area contributed by atoms with Gasteiger partial charge in [0.15, 0.2) is 0 Å². The normalized spacial score (nSPS) is 18.7. The maximum atomic E-state index is 12.5. The molecular weight excluding hydrogens is 315 g/mol. The van der Waals surface area contributed by atoms with E-state index in [0.717, 1.165) is 18.6 Å². The maximum Gasteiger partial charge on any atom is 0.0952 e. The van der Waals surface area contributed by atoms with Crippen molar-refractivity contribution in [1.82, 2.24) is 0 Å². The number of halogens is 1. The maximum absolute atomic E-state index is 12.5. The average molecular weight is 355 g/mol. The molecule has 0 rings (SSSR count). The Morgan fingerprint density at radius 1 is 1.16 bits per heavy atom. The van der Waals surface area contributed by atoms with Crippen molar-refractivity contribution in [3.8, 4) is 0 Å². The van der Waals surface area contributed by atoms with Gasteiger partial charge in [-0.15, -0.1) is 0 Å². The van der Waals surface area contributed by atoms with E-state index in [0.29, 0.717) is 13.2 Å². The molecule has 0 aliphatic heterocycles. The van der Waals surface area contributed by atoms with Crippen LogP contribution in [0.15, 0.2) is 35.1 Å². The first kappa shape index (κ1) is 23.9. The van der Waals surface area contributed by atoms with Gasteiger partial charge in [0, 0.05) is 11.3 Å². The monoisotopic (exact) mass is 354 g/mol. The molecule has 2 nitrogen and oxygen atoms in total. The number of hydrogen-bond acceptors (Lipinski definition) is 2. The molecule has 3 heteroatoms. The summed E-state index contributed by atoms with van der Waals surface area (Å²) in [7, 11) is 0. The standard InChI is InChI=1S/C22H39FO2/c1-9-18(5)22(8,16-25-19(6)10-2)21(11-3)13-12-20(7)24-15-17(4)14-23/h9,12-13,17,19H,10-11,14-16H2,1-8H3. The summed E-state index contributed by atoms with van der Waals surface area (Å²) in [6, 6.07) is 0. The first-order valence-electron chi connectivity index (χ1n) is 9.56. The quantitative estimate of drug-likeness (QED) is 0.222. The Morgan fingerprint density at radius 3 is 2.28 bits per heavy atom. The third-order valence-electron chi connectivity index (χ3n) is 5.00. The van der Waals surface area contributed by atoms with Crippen molar-refractivity contribution in [3.63, 3.8) is 0 Å². The van der Waals surface area contributed by atoms with Gasteiger partial charge in [0.2, 0.25) is 0 Å². The second-order valence-electron chi connectivity index (χ2n) is 7.23. The second kappa shape index (κ2) is 12.3. The van der Waals surface area contributed by atoms with Crippen molar-refractivity contribution in [2.75, 3.05) is 19.9 Å². The van der Waals surface area contributed by atoms with E-state index in [4.69, 9.17) is 9.47 Å². The minimum atomic E-state index is -0.352. The van der Waals surface area contributed by atoms with Gasteiger partial charge in [-0.1, -0.05) is 44.1 Å². The fourth-order valence-corrected chi connectivity index (χ4v) is 2.48. The van der Waals surface area contributed by atoms with Crippen LogP contribution >= 0.6 is 0 Å². The Morgan fingerprint density at radius 2 is 1.80 bits per heavy atom. The van der Waals surface area contributed by atoms with Crippen LogP contribution in [0.2, 0.25) is 0 Å². The van der Waals surface area contributed by atoms with Gasteiger partial charge in [-0.05, 0) is 53.5 Å². The molecule has 25 heavy (non-hydrogen) atoms. The van der Waals surface area contributed by atoms with Crippen molar-refractivity contribution < 1.29 is 13.9 Å². The molecule has 0 aliphatic carbocycles. The van der Waals surface area contributed by atoms with Gasteiger partial charge in [0.1, 0.15) is 0 Å². The molecule has 3 unspecified atom stereocenters. The van der Waals surface area contributed by atoms with Crippen molar-refractivity contribution in [1.29, 1.82) is 0 Å². The number of allylic oxidation sites excluding steroid dienone is 4. The van der Waals surface area contributed by atoms with Crippen LogP contribution in [0.1, 0.15) is 68.2 Å². The smallest absolute Gasteiger partial charge is 0.0952 e. The summed E-state index contributed by atoms with van der Waals surface area (Å²) in [5.41, 5.74) is 2.49. The van der Waals surface area contributed by atoms with Crippen molar-refractivity contribution in [2.24, 2.45) is 11.3 Å². The summed E-state index contributed by atoms with van der Waals surface area (Å²) < 4.78 is 24.3. The molecular formula is C22H39FO2. The predicted molar refractivity (Wildman–Crippen MR) is 106 cm³/mol. The highest BCUT2D eigenvalue weighted by atomic mass is 19.1. The van der Waals surface area contributed by atoms with Gasteiger partial charge in [-0.3, -0.25) is 4.39 Å². The van der Waals surface area contributed by atoms with Gasteiger partial charge in [-0.25, -0.2) is 0 Å². The van der Waals surface area contributed by atoms with Crippen LogP contribution < -0.4 is 0 Å². The lowest BCUT2D eigenvalue weighted by Crippen LogP contribution is -2.29. The second-order valence-corrected chi connectivity index (χ2v) is 7.23. The van der Waals surface area contributed by atoms with Crippen LogP contribution in [-0.4, -0.2) is 26.0 Å². The lowest BCUT2D eigenvalue weighted by Gasteiger charge is -2.34. The predicted octanol–water partition coefficient (Wildman–Crippen LogP) is 6.64. The Labute approximate surface area is 155 Å². The zero-order valence-electron chi connectivity index (χ0n) is 17.6. The highest BCUT2D eigenvalue weighted by molar-refractivity contribution is 5.30. The van der Waals surface area contributed by atoms with E-state index in [9.17, 15) is 4.39 Å². The zero-order valence-corrected chi connectivity index (χ0v) is 17.6. The Bertz CT molecular complexity index is 465. The molecule has 0 radical (unpaired) electrons. The summed E-state index contributed by atoms with van der Waals surface area (Å²) in [6.45, 7) is 17.4. The van der Waals surface area contributed by atoms with E-state index >= 15 is 0 Å². The van der Waals surface area contributed by atoms with Crippen LogP contribution in [0.5, 0.6) is 0 Å². The molecule has 146 valence electrons. The largest absolute Gasteiger partial charge is 0.498 e. The highest BCUT2D eigenvalue weighted by Crippen LogP contribution is 2.38. The van der Waals surface area contributed by atoms with Gasteiger partial charge in [-0.2, -0.15) is 0 Å². The molecule has 0 aromatic heterocycles. The summed E-state index contributed by atoms with van der Waals surface area (Å²) in [4.78, 5) is 0. The van der Waals surface area contributed by atoms with Crippen molar-refractivity contribution in [3.05, 3.63) is 35.1 Å². The molecule has 0 aromatic rings. The minimum Gasteiger partial charge on any atom is -0.498 e. The molecule has 0 heterocycles. The Kier molecular flexibility index (Phi) is 11.8. The van der Waals surface area contributed by atoms with Crippen LogP contribution in [-0.2, 0) is 9.47 Å². The SMILES string of the molecule is CC=C(C)C(C)(COC(C)CC)C(=CC=C(C)OCC(C)CF)CC. The molecule has 0 saturated carbocycles. The molecule has 0 fully saturated rings. The number of alkyl halides is 1. The molecule has 0 spiro atoms. The average Bonchev–Trinajstić information content (AvgIpc) is 2.63. The van der Waals surface area contributed by atoms with Gasteiger partial charge in [0.05, 0.1) is 31.8 Å². The molecule has 0 aromatic carbocycles. The third-order valence-corrected chi connectivity index (χ3v) is 5.00. The minimum absolute atomic E-state index is 0.0718. The van der Waals surface area contributed by atoms with Crippen LogP contribution in [0, 0.1) is 11.3 Å². The summed E-state index contributed by atoms with van der Waals surface area (Å²) in [6.07, 6.45) is 8.51. The van der Waals surface area contributed by atoms with Crippen molar-refractivity contribution in [2.45, 2.75) is 74.3 Å². The lowest BCUT2D eigenvalue weighted by molar-refractivity contribution is 0.0269. The Hall–Kier alpha value is -1.09. The van der Waals surface area contributed by atoms with Gasteiger partial charge in [0.25, 0.3) is 0 Å². The van der Waals surface area contributed by atoms with Gasteiger partial charge < -0.3 is 9.47 Å². The molecule has 0 bridgehead atoms. The fourth-order valence-electron chi connectivity index (χ4n) is 2.48. The summed E-state index contributed by atoms with van der Waals surface area (Å²) in [5, 5.41) is 0. The third kappa shape index (κ3) is 8.22. The first-order chi connectivity index (χ1) is 11.7. The van der Waals surface area contributed by atoms with Crippen molar-refractivity contribution >= 4 is 0 Å². The zero-order chi connectivity index (χ0) is 19.5. The highest BCUT2D eigenvalue weighted by Gasteiger charge is 2.30. The summed E-state index contributed by atoms with van der Waals surface area (Å²) in [5.74, 6) is 0.743. The van der Waals surface area contributed by atoms with Crippen LogP contribution in [0.3, 0.4) is 0 Å². The van der Waals surface area contributed by atoms with Crippen LogP contribution in [0.25, 0.3) is 0 Å². The lowest BCUT2D eigenvalue weighted by atomic mass is 9.75. The van der Waals surface area contributed by atoms with Crippen LogP contribution in [0.4, 0.5) is 4.39 Å². The van der Waals surface area contributed by atoms with E-state index in [1.165, 1.54) is 11.1 Å². The molecule has 3 atom stereocenters. The number of ether oxygens (including phenoxy) is 2. The van der Waals surface area contributed by atoms with E-state index in [-0.39, 0.29) is 24.1 Å².